The van der Waals surface area contributed by atoms with Gasteiger partial charge in [-0.15, -0.1) is 0 Å². The van der Waals surface area contributed by atoms with E-state index in [1.54, 1.807) is 0 Å². The topological polar surface area (TPSA) is 297 Å². The van der Waals surface area contributed by atoms with Gasteiger partial charge in [0.25, 0.3) is 0 Å². The molecule has 0 aliphatic rings. The van der Waals surface area contributed by atoms with E-state index >= 15 is 0 Å². The number of aliphatic carboxylic acids is 3. The average molecular weight is 915 g/mol. The molecular formula is C45H66N6O14. The van der Waals surface area contributed by atoms with E-state index in [0.29, 0.717) is 58.8 Å². The van der Waals surface area contributed by atoms with Crippen LogP contribution in [-0.2, 0) is 60.6 Å². The fourth-order valence-electron chi connectivity index (χ4n) is 6.28. The Hall–Kier alpha value is -6.12. The first-order valence-electron chi connectivity index (χ1n) is 22.0. The van der Waals surface area contributed by atoms with E-state index in [0.717, 1.165) is 24.0 Å². The van der Waals surface area contributed by atoms with Gasteiger partial charge in [0, 0.05) is 51.8 Å². The van der Waals surface area contributed by atoms with Crippen molar-refractivity contribution < 1.29 is 67.9 Å². The van der Waals surface area contributed by atoms with Gasteiger partial charge < -0.3 is 61.4 Å². The van der Waals surface area contributed by atoms with Crippen molar-refractivity contribution in [2.75, 3.05) is 52.7 Å². The van der Waals surface area contributed by atoms with Gasteiger partial charge in [-0.1, -0.05) is 79.9 Å². The van der Waals surface area contributed by atoms with Crippen LogP contribution in [-0.4, -0.2) is 140 Å². The van der Waals surface area contributed by atoms with Crippen molar-refractivity contribution in [1.29, 1.82) is 0 Å². The summed E-state index contributed by atoms with van der Waals surface area (Å²) in [5.74, 6) is -5.84. The molecule has 0 aliphatic carbocycles. The Morgan fingerprint density at radius 2 is 1.00 bits per heavy atom. The summed E-state index contributed by atoms with van der Waals surface area (Å²) in [5, 5.41) is 42.8. The molecule has 0 radical (unpaired) electrons. The van der Waals surface area contributed by atoms with Gasteiger partial charge in [0.05, 0.1) is 33.0 Å². The molecule has 0 saturated carbocycles. The molecule has 9 N–H and O–H groups in total. The zero-order valence-electron chi connectivity index (χ0n) is 37.1. The number of carboxylic acid groups (broad SMARTS) is 3. The molecule has 20 nitrogen and oxygen atoms in total. The molecule has 0 heterocycles. The van der Waals surface area contributed by atoms with Crippen LogP contribution in [0.2, 0.25) is 0 Å². The lowest BCUT2D eigenvalue weighted by molar-refractivity contribution is -0.141. The first-order chi connectivity index (χ1) is 31.3. The molecule has 0 saturated heterocycles. The molecular weight excluding hydrogens is 849 g/mol. The Bertz CT molecular complexity index is 1750. The maximum atomic E-state index is 13.8. The number of urea groups is 1. The zero-order chi connectivity index (χ0) is 47.7. The van der Waals surface area contributed by atoms with Crippen LogP contribution in [0.25, 0.3) is 0 Å². The minimum atomic E-state index is -1.55. The molecule has 0 bridgehead atoms. The van der Waals surface area contributed by atoms with Gasteiger partial charge in [0.15, 0.2) is 0 Å². The predicted octanol–water partition coefficient (Wildman–Crippen LogP) is 1.93. The molecule has 4 atom stereocenters. The van der Waals surface area contributed by atoms with Crippen LogP contribution in [0.5, 0.6) is 0 Å². The number of carbonyl (C=O) groups is 8. The van der Waals surface area contributed by atoms with E-state index in [1.165, 1.54) is 0 Å². The largest absolute Gasteiger partial charge is 0.481 e. The summed E-state index contributed by atoms with van der Waals surface area (Å²) in [7, 11) is 0. The summed E-state index contributed by atoms with van der Waals surface area (Å²) in [5.41, 5.74) is 1.67. The van der Waals surface area contributed by atoms with E-state index in [9.17, 15) is 48.6 Å². The highest BCUT2D eigenvalue weighted by Crippen LogP contribution is 2.10. The third-order valence-corrected chi connectivity index (χ3v) is 9.76. The van der Waals surface area contributed by atoms with Gasteiger partial charge in [-0.2, -0.15) is 0 Å². The molecule has 2 aromatic carbocycles. The van der Waals surface area contributed by atoms with Gasteiger partial charge in [0.2, 0.25) is 23.6 Å². The number of hydrogen-bond donors (Lipinski definition) is 9. The first kappa shape index (κ1) is 55.0. The number of nitrogens with one attached hydrogen (secondary N) is 6. The number of hydrogen-bond acceptors (Lipinski definition) is 11. The molecule has 360 valence electrons. The standard InChI is InChI=1S/C45H66N6O14/c1-2-63-26-27-65-29-28-64-25-24-47-41(56)36(30-32-14-8-6-9-15-32)49-42(57)37(31-33-16-10-7-11-17-33)48-39(53)18-12-4-3-5-13-23-46-38(52)21-19-34(43(58)59)50-45(62)51-35(44(60)61)20-22-40(54)55/h6-11,14-17,34-37H,2-5,12-13,18-31H2,1H3,(H,46,52)(H,47,56)(H,48,53)(H,49,57)(H,54,55)(H,58,59)(H,60,61)(H2,50,51,62)/t34-,35-,36-,37-/m0/s1. The second kappa shape index (κ2) is 33.4. The van der Waals surface area contributed by atoms with Crippen LogP contribution < -0.4 is 31.9 Å². The van der Waals surface area contributed by atoms with Crippen LogP contribution in [0.3, 0.4) is 0 Å². The Morgan fingerprint density at radius 3 is 1.55 bits per heavy atom. The minimum absolute atomic E-state index is 0.164. The summed E-state index contributed by atoms with van der Waals surface area (Å²) >= 11 is 0. The number of carbonyl (C=O) groups excluding carboxylic acids is 5. The van der Waals surface area contributed by atoms with E-state index in [4.69, 9.17) is 19.3 Å². The van der Waals surface area contributed by atoms with E-state index in [1.807, 2.05) is 72.9 Å². The van der Waals surface area contributed by atoms with Crippen LogP contribution in [0, 0.1) is 0 Å². The molecule has 0 spiro atoms. The smallest absolute Gasteiger partial charge is 0.326 e. The van der Waals surface area contributed by atoms with Gasteiger partial charge in [-0.05, 0) is 43.7 Å². The second-order valence-electron chi connectivity index (χ2n) is 15.0. The third-order valence-electron chi connectivity index (χ3n) is 9.76. The maximum Gasteiger partial charge on any atom is 0.326 e. The Balaban J connectivity index is 1.80. The summed E-state index contributed by atoms with van der Waals surface area (Å²) in [6, 6.07) is 12.5. The molecule has 6 amide bonds. The fraction of sp³-hybridized carbons (Fsp3) is 0.556. The van der Waals surface area contributed by atoms with Crippen molar-refractivity contribution >= 4 is 47.6 Å². The monoisotopic (exact) mass is 914 g/mol. The SMILES string of the molecule is CCOCCOCCOCCNC(=O)[C@H](Cc1ccccc1)NC(=O)[C@H](Cc1ccccc1)NC(=O)CCCCCCCNC(=O)CC[C@H](NC(=O)N[C@@H](CCC(=O)O)C(=O)O)C(=O)O. The molecule has 0 aromatic heterocycles. The number of amides is 6. The van der Waals surface area contributed by atoms with Crippen molar-refractivity contribution in [1.82, 2.24) is 31.9 Å². The molecule has 20 heteroatoms. The third kappa shape index (κ3) is 26.3. The highest BCUT2D eigenvalue weighted by molar-refractivity contribution is 5.92. The van der Waals surface area contributed by atoms with Crippen LogP contribution >= 0.6 is 0 Å². The lowest BCUT2D eigenvalue weighted by atomic mass is 10.0. The maximum absolute atomic E-state index is 13.8. The Kier molecular flexibility index (Phi) is 28.3. The summed E-state index contributed by atoms with van der Waals surface area (Å²) in [6.45, 7) is 5.02. The number of carboxylic acids is 3. The van der Waals surface area contributed by atoms with Crippen molar-refractivity contribution in [2.24, 2.45) is 0 Å². The van der Waals surface area contributed by atoms with Gasteiger partial charge in [-0.3, -0.25) is 24.0 Å². The summed E-state index contributed by atoms with van der Waals surface area (Å²) in [6.07, 6.45) is 2.50. The second-order valence-corrected chi connectivity index (χ2v) is 15.0. The summed E-state index contributed by atoms with van der Waals surface area (Å²) < 4.78 is 16.2. The normalized spacial score (nSPS) is 12.7. The molecule has 0 fully saturated rings. The number of rotatable bonds is 36. The number of unbranched alkanes of at least 4 members (excludes halogenated alkanes) is 4. The van der Waals surface area contributed by atoms with E-state index < -0.39 is 78.7 Å². The van der Waals surface area contributed by atoms with Gasteiger partial charge in [-0.25, -0.2) is 14.4 Å². The van der Waals surface area contributed by atoms with Gasteiger partial charge in [0.1, 0.15) is 24.2 Å². The van der Waals surface area contributed by atoms with E-state index in [-0.39, 0.29) is 51.2 Å². The van der Waals surface area contributed by atoms with Crippen LogP contribution in [0.4, 0.5) is 4.79 Å². The minimum Gasteiger partial charge on any atom is -0.481 e. The number of ether oxygens (including phenoxy) is 3. The Labute approximate surface area is 379 Å². The van der Waals surface area contributed by atoms with Crippen LogP contribution in [0.1, 0.15) is 82.3 Å². The van der Waals surface area contributed by atoms with Crippen molar-refractivity contribution in [3.8, 4) is 0 Å². The quantitative estimate of drug-likeness (QED) is 0.0442. The molecule has 2 aromatic rings. The molecule has 0 unspecified atom stereocenters. The molecule has 2 rings (SSSR count). The molecule has 65 heavy (non-hydrogen) atoms. The van der Waals surface area contributed by atoms with Crippen molar-refractivity contribution in [3.63, 3.8) is 0 Å². The van der Waals surface area contributed by atoms with E-state index in [2.05, 4.69) is 26.6 Å². The molecule has 0 aliphatic heterocycles. The highest BCUT2D eigenvalue weighted by Gasteiger charge is 2.28. The zero-order valence-corrected chi connectivity index (χ0v) is 37.1. The summed E-state index contributed by atoms with van der Waals surface area (Å²) in [4.78, 5) is 98.6. The lowest BCUT2D eigenvalue weighted by Gasteiger charge is -2.23. The van der Waals surface area contributed by atoms with Crippen molar-refractivity contribution in [2.45, 2.75) is 108 Å². The Morgan fingerprint density at radius 1 is 0.492 bits per heavy atom. The number of benzene rings is 2. The average Bonchev–Trinajstić information content (AvgIpc) is 3.27. The fourth-order valence-corrected chi connectivity index (χ4v) is 6.28. The van der Waals surface area contributed by atoms with Crippen molar-refractivity contribution in [3.05, 3.63) is 71.8 Å². The van der Waals surface area contributed by atoms with Gasteiger partial charge >= 0.3 is 23.9 Å². The predicted molar refractivity (Wildman–Crippen MR) is 237 cm³/mol. The van der Waals surface area contributed by atoms with Crippen LogP contribution in [0.15, 0.2) is 60.7 Å². The lowest BCUT2D eigenvalue weighted by Crippen LogP contribution is -2.55. The highest BCUT2D eigenvalue weighted by atomic mass is 16.5. The first-order valence-corrected chi connectivity index (χ1v) is 22.0.